The molecule has 1 unspecified atom stereocenters. The summed E-state index contributed by atoms with van der Waals surface area (Å²) in [5, 5.41) is 10.2. The second-order valence-electron chi connectivity index (χ2n) is 3.77. The van der Waals surface area contributed by atoms with Crippen molar-refractivity contribution >= 4 is 5.91 Å². The van der Waals surface area contributed by atoms with Gasteiger partial charge in [-0.25, -0.2) is 0 Å². The summed E-state index contributed by atoms with van der Waals surface area (Å²) in [5.74, 6) is -0.645. The summed E-state index contributed by atoms with van der Waals surface area (Å²) in [4.78, 5) is 11.3. The van der Waals surface area contributed by atoms with E-state index >= 15 is 0 Å². The molecule has 74 valence electrons. The Morgan fingerprint density at radius 2 is 1.93 bits per heavy atom. The minimum absolute atomic E-state index is 0.00222. The fourth-order valence-electron chi connectivity index (χ4n) is 1.77. The highest BCUT2D eigenvalue weighted by Crippen LogP contribution is 2.45. The van der Waals surface area contributed by atoms with Crippen LogP contribution in [0, 0.1) is 5.92 Å². The normalized spacial score (nSPS) is 20.1. The number of aliphatic hydroxyl groups is 1. The maximum atomic E-state index is 11.3. The zero-order chi connectivity index (χ0) is 10.2. The molecule has 2 rings (SSSR count). The van der Waals surface area contributed by atoms with Crippen LogP contribution in [0.2, 0.25) is 0 Å². The van der Waals surface area contributed by atoms with Crippen LogP contribution in [0.3, 0.4) is 0 Å². The molecule has 1 atom stereocenters. The van der Waals surface area contributed by atoms with Crippen LogP contribution in [0.4, 0.5) is 0 Å². The van der Waals surface area contributed by atoms with Crippen molar-refractivity contribution in [3.63, 3.8) is 0 Å². The third kappa shape index (κ3) is 1.30. The number of hydrogen-bond acceptors (Lipinski definition) is 2. The van der Waals surface area contributed by atoms with E-state index in [-0.39, 0.29) is 5.92 Å². The first kappa shape index (κ1) is 9.21. The number of carbonyl (C=O) groups excluding carboxylic acids is 1. The highest BCUT2D eigenvalue weighted by Gasteiger charge is 2.49. The predicted molar refractivity (Wildman–Crippen MR) is 52.3 cm³/mol. The summed E-state index contributed by atoms with van der Waals surface area (Å²) in [6.07, 6.45) is 1.74. The number of amides is 1. The maximum Gasteiger partial charge on any atom is 0.254 e. The Bertz CT molecular complexity index is 346. The maximum absolute atomic E-state index is 11.3. The Kier molecular flexibility index (Phi) is 2.04. The zero-order valence-corrected chi connectivity index (χ0v) is 7.81. The minimum atomic E-state index is -1.46. The van der Waals surface area contributed by atoms with Crippen LogP contribution < -0.4 is 5.73 Å². The molecule has 0 heterocycles. The van der Waals surface area contributed by atoms with Gasteiger partial charge in [0.2, 0.25) is 0 Å². The van der Waals surface area contributed by atoms with Gasteiger partial charge >= 0.3 is 0 Å². The van der Waals surface area contributed by atoms with Crippen molar-refractivity contribution in [1.82, 2.24) is 0 Å². The molecule has 3 N–H and O–H groups in total. The van der Waals surface area contributed by atoms with Gasteiger partial charge in [-0.15, -0.1) is 0 Å². The van der Waals surface area contributed by atoms with E-state index in [2.05, 4.69) is 0 Å². The lowest BCUT2D eigenvalue weighted by Crippen LogP contribution is -2.43. The number of hydrogen-bond donors (Lipinski definition) is 2. The molecule has 1 aromatic rings. The highest BCUT2D eigenvalue weighted by molar-refractivity contribution is 5.85. The van der Waals surface area contributed by atoms with E-state index in [1.165, 1.54) is 0 Å². The number of benzene rings is 1. The van der Waals surface area contributed by atoms with Crippen LogP contribution in [-0.4, -0.2) is 11.0 Å². The Hall–Kier alpha value is -1.35. The molecule has 3 heteroatoms. The van der Waals surface area contributed by atoms with Gasteiger partial charge in [-0.2, -0.15) is 0 Å². The van der Waals surface area contributed by atoms with Crippen molar-refractivity contribution in [3.8, 4) is 0 Å². The van der Waals surface area contributed by atoms with E-state index in [1.54, 1.807) is 24.3 Å². The molecule has 1 aliphatic carbocycles. The number of carbonyl (C=O) groups is 1. The molecule has 3 nitrogen and oxygen atoms in total. The quantitative estimate of drug-likeness (QED) is 0.741. The van der Waals surface area contributed by atoms with E-state index in [9.17, 15) is 9.90 Å². The molecular formula is C11H13NO2. The molecule has 1 aliphatic rings. The number of rotatable bonds is 3. The van der Waals surface area contributed by atoms with Crippen LogP contribution in [0.25, 0.3) is 0 Å². The molecule has 1 aromatic carbocycles. The lowest BCUT2D eigenvalue weighted by atomic mass is 9.88. The van der Waals surface area contributed by atoms with E-state index in [0.717, 1.165) is 12.8 Å². The van der Waals surface area contributed by atoms with Gasteiger partial charge in [0.1, 0.15) is 0 Å². The van der Waals surface area contributed by atoms with Gasteiger partial charge < -0.3 is 10.8 Å². The fraction of sp³-hybridized carbons (Fsp3) is 0.364. The van der Waals surface area contributed by atoms with E-state index in [4.69, 9.17) is 5.73 Å². The van der Waals surface area contributed by atoms with Gasteiger partial charge in [-0.3, -0.25) is 4.79 Å². The molecule has 1 amide bonds. The number of primary amides is 1. The van der Waals surface area contributed by atoms with Crippen LogP contribution in [0.5, 0.6) is 0 Å². The Morgan fingerprint density at radius 1 is 1.36 bits per heavy atom. The predicted octanol–water partition coefficient (Wildman–Crippen LogP) is 0.769. The molecule has 1 saturated carbocycles. The van der Waals surface area contributed by atoms with Crippen molar-refractivity contribution in [3.05, 3.63) is 35.9 Å². The summed E-state index contributed by atoms with van der Waals surface area (Å²) < 4.78 is 0. The standard InChI is InChI=1S/C11H13NO2/c12-10(13)11(14,9-6-7-9)8-4-2-1-3-5-8/h1-5,9,14H,6-7H2,(H2,12,13). The molecule has 14 heavy (non-hydrogen) atoms. The summed E-state index contributed by atoms with van der Waals surface area (Å²) in [5.41, 5.74) is 4.40. The average Bonchev–Trinajstić information content (AvgIpc) is 3.01. The van der Waals surface area contributed by atoms with Crippen molar-refractivity contribution in [2.45, 2.75) is 18.4 Å². The SMILES string of the molecule is NC(=O)C(O)(c1ccccc1)C1CC1. The molecule has 0 saturated heterocycles. The van der Waals surface area contributed by atoms with Crippen LogP contribution in [0.1, 0.15) is 18.4 Å². The van der Waals surface area contributed by atoms with Crippen molar-refractivity contribution in [2.24, 2.45) is 11.7 Å². The summed E-state index contributed by atoms with van der Waals surface area (Å²) in [7, 11) is 0. The monoisotopic (exact) mass is 191 g/mol. The average molecular weight is 191 g/mol. The molecule has 0 radical (unpaired) electrons. The molecule has 1 fully saturated rings. The van der Waals surface area contributed by atoms with Crippen molar-refractivity contribution < 1.29 is 9.90 Å². The molecule has 0 bridgehead atoms. The Labute approximate surface area is 82.5 Å². The van der Waals surface area contributed by atoms with Gasteiger partial charge in [0, 0.05) is 5.92 Å². The van der Waals surface area contributed by atoms with Crippen LogP contribution in [-0.2, 0) is 10.4 Å². The Balaban J connectivity index is 2.41. The third-order valence-electron chi connectivity index (χ3n) is 2.76. The summed E-state index contributed by atoms with van der Waals surface area (Å²) >= 11 is 0. The van der Waals surface area contributed by atoms with Crippen molar-refractivity contribution in [1.29, 1.82) is 0 Å². The van der Waals surface area contributed by atoms with E-state index < -0.39 is 11.5 Å². The lowest BCUT2D eigenvalue weighted by Gasteiger charge is -2.24. The summed E-state index contributed by atoms with van der Waals surface area (Å²) in [6, 6.07) is 8.92. The third-order valence-corrected chi connectivity index (χ3v) is 2.76. The molecule has 0 aliphatic heterocycles. The largest absolute Gasteiger partial charge is 0.375 e. The van der Waals surface area contributed by atoms with Gasteiger partial charge in [0.25, 0.3) is 5.91 Å². The zero-order valence-electron chi connectivity index (χ0n) is 7.81. The van der Waals surface area contributed by atoms with E-state index in [1.807, 2.05) is 6.07 Å². The second kappa shape index (κ2) is 3.10. The van der Waals surface area contributed by atoms with Crippen LogP contribution >= 0.6 is 0 Å². The first-order valence-corrected chi connectivity index (χ1v) is 4.73. The second-order valence-corrected chi connectivity index (χ2v) is 3.77. The smallest absolute Gasteiger partial charge is 0.254 e. The Morgan fingerprint density at radius 3 is 2.36 bits per heavy atom. The van der Waals surface area contributed by atoms with Gasteiger partial charge in [0.05, 0.1) is 0 Å². The fourth-order valence-corrected chi connectivity index (χ4v) is 1.77. The van der Waals surface area contributed by atoms with Crippen molar-refractivity contribution in [2.75, 3.05) is 0 Å². The highest BCUT2D eigenvalue weighted by atomic mass is 16.3. The van der Waals surface area contributed by atoms with Gasteiger partial charge in [-0.05, 0) is 18.4 Å². The molecular weight excluding hydrogens is 178 g/mol. The molecule has 0 spiro atoms. The van der Waals surface area contributed by atoms with Gasteiger partial charge in [0.15, 0.2) is 5.60 Å². The van der Waals surface area contributed by atoms with Crippen LogP contribution in [0.15, 0.2) is 30.3 Å². The lowest BCUT2D eigenvalue weighted by molar-refractivity contribution is -0.139. The topological polar surface area (TPSA) is 63.3 Å². The first-order chi connectivity index (χ1) is 6.65. The first-order valence-electron chi connectivity index (χ1n) is 4.73. The number of nitrogens with two attached hydrogens (primary N) is 1. The molecule has 0 aromatic heterocycles. The summed E-state index contributed by atoms with van der Waals surface area (Å²) in [6.45, 7) is 0. The van der Waals surface area contributed by atoms with E-state index in [0.29, 0.717) is 5.56 Å². The minimum Gasteiger partial charge on any atom is -0.375 e. The van der Waals surface area contributed by atoms with Gasteiger partial charge in [-0.1, -0.05) is 30.3 Å².